The minimum absolute atomic E-state index is 0.818. The van der Waals surface area contributed by atoms with Gasteiger partial charge in [-0.25, -0.2) is 0 Å². The Morgan fingerprint density at radius 3 is 2.91 bits per heavy atom. The molecule has 0 aliphatic heterocycles. The van der Waals surface area contributed by atoms with Gasteiger partial charge < -0.3 is 4.74 Å². The van der Waals surface area contributed by atoms with E-state index in [1.807, 2.05) is 24.3 Å². The molecule has 0 bridgehead atoms. The first-order valence-electron chi connectivity index (χ1n) is 3.16. The summed E-state index contributed by atoms with van der Waals surface area (Å²) in [5.41, 5.74) is 0.916. The summed E-state index contributed by atoms with van der Waals surface area (Å²) in [5, 5.41) is 2.52. The standard InChI is InChI=1S/C9H8OS/c1-10-9-4-2-3-8(7-9)5-6-11/h2-4,7,11H,1H3. The summed E-state index contributed by atoms with van der Waals surface area (Å²) in [6.45, 7) is 0. The fourth-order valence-corrected chi connectivity index (χ4v) is 0.894. The number of hydrogen-bond acceptors (Lipinski definition) is 2. The summed E-state index contributed by atoms with van der Waals surface area (Å²) >= 11 is 3.79. The van der Waals surface area contributed by atoms with Crippen LogP contribution in [0.4, 0.5) is 0 Å². The number of ether oxygens (including phenoxy) is 1. The number of benzene rings is 1. The first kappa shape index (κ1) is 8.03. The maximum absolute atomic E-state index is 5.01. The van der Waals surface area contributed by atoms with Crippen molar-refractivity contribution in [3.8, 4) is 16.9 Å². The number of hydrogen-bond donors (Lipinski definition) is 1. The predicted octanol–water partition coefficient (Wildman–Crippen LogP) is 1.93. The maximum atomic E-state index is 5.01. The highest BCUT2D eigenvalue weighted by Gasteiger charge is 1.89. The molecule has 0 atom stereocenters. The van der Waals surface area contributed by atoms with Gasteiger partial charge in [-0.15, -0.1) is 0 Å². The quantitative estimate of drug-likeness (QED) is 0.493. The fourth-order valence-electron chi connectivity index (χ4n) is 0.765. The fraction of sp³-hybridized carbons (Fsp3) is 0.111. The predicted molar refractivity (Wildman–Crippen MR) is 48.9 cm³/mol. The lowest BCUT2D eigenvalue weighted by atomic mass is 10.2. The van der Waals surface area contributed by atoms with Crippen molar-refractivity contribution in [1.82, 2.24) is 0 Å². The Kier molecular flexibility index (Phi) is 2.88. The van der Waals surface area contributed by atoms with Crippen LogP contribution < -0.4 is 4.74 Å². The Morgan fingerprint density at radius 2 is 2.27 bits per heavy atom. The van der Waals surface area contributed by atoms with E-state index in [-0.39, 0.29) is 0 Å². The molecule has 1 aromatic carbocycles. The smallest absolute Gasteiger partial charge is 0.120 e. The second kappa shape index (κ2) is 3.95. The molecule has 0 spiro atoms. The Balaban J connectivity index is 2.97. The van der Waals surface area contributed by atoms with Crippen LogP contribution in [0.25, 0.3) is 0 Å². The van der Waals surface area contributed by atoms with Crippen molar-refractivity contribution in [3.05, 3.63) is 29.8 Å². The summed E-state index contributed by atoms with van der Waals surface area (Å²) in [4.78, 5) is 0. The van der Waals surface area contributed by atoms with Crippen molar-refractivity contribution in [3.63, 3.8) is 0 Å². The van der Waals surface area contributed by atoms with E-state index < -0.39 is 0 Å². The molecule has 0 fully saturated rings. The molecule has 56 valence electrons. The largest absolute Gasteiger partial charge is 0.497 e. The van der Waals surface area contributed by atoms with Crippen LogP contribution in [0.3, 0.4) is 0 Å². The SMILES string of the molecule is COc1cccc(C#CS)c1. The van der Waals surface area contributed by atoms with Crippen LogP contribution >= 0.6 is 12.6 Å². The average Bonchev–Trinajstić information content (AvgIpc) is 2.06. The first-order chi connectivity index (χ1) is 5.36. The molecule has 0 aliphatic carbocycles. The number of methoxy groups -OCH3 is 1. The van der Waals surface area contributed by atoms with Crippen LogP contribution in [0.15, 0.2) is 24.3 Å². The van der Waals surface area contributed by atoms with Crippen molar-refractivity contribution >= 4 is 12.6 Å². The second-order valence-corrected chi connectivity index (χ2v) is 2.19. The van der Waals surface area contributed by atoms with E-state index in [2.05, 4.69) is 23.8 Å². The third kappa shape index (κ3) is 2.21. The molecule has 0 unspecified atom stereocenters. The van der Waals surface area contributed by atoms with Gasteiger partial charge in [0.05, 0.1) is 7.11 Å². The molecule has 0 heterocycles. The van der Waals surface area contributed by atoms with Gasteiger partial charge in [0.1, 0.15) is 5.75 Å². The Hall–Kier alpha value is -1.07. The lowest BCUT2D eigenvalue weighted by Crippen LogP contribution is -1.82. The molecule has 0 amide bonds. The van der Waals surface area contributed by atoms with Crippen molar-refractivity contribution in [2.24, 2.45) is 0 Å². The normalized spacial score (nSPS) is 8.18. The number of rotatable bonds is 1. The van der Waals surface area contributed by atoms with Crippen LogP contribution in [-0.2, 0) is 0 Å². The topological polar surface area (TPSA) is 9.23 Å². The second-order valence-electron chi connectivity index (χ2n) is 1.97. The molecule has 0 saturated heterocycles. The van der Waals surface area contributed by atoms with Gasteiger partial charge in [-0.2, -0.15) is 0 Å². The highest BCUT2D eigenvalue weighted by molar-refractivity contribution is 7.85. The lowest BCUT2D eigenvalue weighted by molar-refractivity contribution is 0.414. The van der Waals surface area contributed by atoms with E-state index >= 15 is 0 Å². The van der Waals surface area contributed by atoms with Gasteiger partial charge in [-0.05, 0) is 23.5 Å². The van der Waals surface area contributed by atoms with Crippen molar-refractivity contribution in [1.29, 1.82) is 0 Å². The van der Waals surface area contributed by atoms with Gasteiger partial charge in [-0.3, -0.25) is 0 Å². The molecular weight excluding hydrogens is 156 g/mol. The molecule has 1 aromatic rings. The summed E-state index contributed by atoms with van der Waals surface area (Å²) in [6.07, 6.45) is 0. The molecule has 0 aromatic heterocycles. The van der Waals surface area contributed by atoms with Gasteiger partial charge in [0.15, 0.2) is 0 Å². The van der Waals surface area contributed by atoms with E-state index in [0.29, 0.717) is 0 Å². The van der Waals surface area contributed by atoms with Gasteiger partial charge in [0.2, 0.25) is 0 Å². The molecule has 2 heteroatoms. The van der Waals surface area contributed by atoms with Crippen molar-refractivity contribution < 1.29 is 4.74 Å². The van der Waals surface area contributed by atoms with Gasteiger partial charge in [0, 0.05) is 5.56 Å². The van der Waals surface area contributed by atoms with Gasteiger partial charge in [-0.1, -0.05) is 24.6 Å². The van der Waals surface area contributed by atoms with Crippen LogP contribution in [0, 0.1) is 11.2 Å². The van der Waals surface area contributed by atoms with Gasteiger partial charge >= 0.3 is 0 Å². The summed E-state index contributed by atoms with van der Waals surface area (Å²) in [5.74, 6) is 3.63. The average molecular weight is 164 g/mol. The van der Waals surface area contributed by atoms with Crippen LogP contribution in [0.5, 0.6) is 5.75 Å². The molecular formula is C9H8OS. The van der Waals surface area contributed by atoms with E-state index in [1.165, 1.54) is 0 Å². The molecule has 0 radical (unpaired) electrons. The lowest BCUT2D eigenvalue weighted by Gasteiger charge is -1.97. The zero-order chi connectivity index (χ0) is 8.10. The van der Waals surface area contributed by atoms with E-state index in [4.69, 9.17) is 4.74 Å². The van der Waals surface area contributed by atoms with Crippen LogP contribution in [0.2, 0.25) is 0 Å². The molecule has 0 N–H and O–H groups in total. The molecule has 11 heavy (non-hydrogen) atoms. The first-order valence-corrected chi connectivity index (χ1v) is 3.60. The Bertz CT molecular complexity index is 296. The maximum Gasteiger partial charge on any atom is 0.120 e. The van der Waals surface area contributed by atoms with E-state index in [0.717, 1.165) is 11.3 Å². The summed E-state index contributed by atoms with van der Waals surface area (Å²) in [7, 11) is 1.63. The third-order valence-electron chi connectivity index (χ3n) is 1.27. The Labute approximate surface area is 71.8 Å². The van der Waals surface area contributed by atoms with E-state index in [1.54, 1.807) is 7.11 Å². The zero-order valence-electron chi connectivity index (χ0n) is 6.16. The number of thiol groups is 1. The zero-order valence-corrected chi connectivity index (χ0v) is 7.06. The third-order valence-corrected chi connectivity index (χ3v) is 1.38. The highest BCUT2D eigenvalue weighted by Crippen LogP contribution is 2.11. The van der Waals surface area contributed by atoms with Crippen molar-refractivity contribution in [2.75, 3.05) is 7.11 Å². The minimum atomic E-state index is 0.818. The molecule has 1 nitrogen and oxygen atoms in total. The monoisotopic (exact) mass is 164 g/mol. The molecule has 0 saturated carbocycles. The highest BCUT2D eigenvalue weighted by atomic mass is 32.1. The van der Waals surface area contributed by atoms with E-state index in [9.17, 15) is 0 Å². The van der Waals surface area contributed by atoms with Crippen LogP contribution in [-0.4, -0.2) is 7.11 Å². The van der Waals surface area contributed by atoms with Crippen LogP contribution in [0.1, 0.15) is 5.56 Å². The Morgan fingerprint density at radius 1 is 1.45 bits per heavy atom. The molecule has 0 aliphatic rings. The minimum Gasteiger partial charge on any atom is -0.497 e. The van der Waals surface area contributed by atoms with Crippen molar-refractivity contribution in [2.45, 2.75) is 0 Å². The van der Waals surface area contributed by atoms with Gasteiger partial charge in [0.25, 0.3) is 0 Å². The summed E-state index contributed by atoms with van der Waals surface area (Å²) < 4.78 is 5.01. The molecule has 1 rings (SSSR count). The summed E-state index contributed by atoms with van der Waals surface area (Å²) in [6, 6.07) is 7.55.